The van der Waals surface area contributed by atoms with E-state index in [0.29, 0.717) is 12.0 Å². The maximum Gasteiger partial charge on any atom is 0.244 e. The van der Waals surface area contributed by atoms with Gasteiger partial charge in [-0.25, -0.2) is 0 Å². The van der Waals surface area contributed by atoms with Crippen LogP contribution in [0.1, 0.15) is 25.0 Å². The van der Waals surface area contributed by atoms with Gasteiger partial charge in [0.2, 0.25) is 5.95 Å². The highest BCUT2D eigenvalue weighted by Crippen LogP contribution is 2.22. The van der Waals surface area contributed by atoms with Crippen LogP contribution in [0.25, 0.3) is 0 Å². The molecule has 2 aromatic rings. The molecule has 3 rings (SSSR count). The van der Waals surface area contributed by atoms with E-state index in [2.05, 4.69) is 63.5 Å². The fourth-order valence-corrected chi connectivity index (χ4v) is 2.46. The Bertz CT molecular complexity index is 596. The third kappa shape index (κ3) is 2.71. The Kier molecular flexibility index (Phi) is 3.50. The van der Waals surface area contributed by atoms with E-state index in [-0.39, 0.29) is 0 Å². The van der Waals surface area contributed by atoms with Crippen LogP contribution >= 0.6 is 0 Å². The van der Waals surface area contributed by atoms with Crippen molar-refractivity contribution in [3.8, 4) is 0 Å². The summed E-state index contributed by atoms with van der Waals surface area (Å²) in [5, 5.41) is 11.3. The van der Waals surface area contributed by atoms with Gasteiger partial charge in [-0.2, -0.15) is 10.1 Å². The van der Waals surface area contributed by atoms with E-state index in [9.17, 15) is 0 Å². The molecule has 1 aliphatic heterocycles. The van der Waals surface area contributed by atoms with Crippen LogP contribution in [0.3, 0.4) is 0 Å². The molecule has 5 heteroatoms. The number of hydrogen-bond donors (Lipinski definition) is 1. The Morgan fingerprint density at radius 1 is 1.20 bits per heavy atom. The van der Waals surface area contributed by atoms with E-state index < -0.39 is 0 Å². The van der Waals surface area contributed by atoms with Crippen molar-refractivity contribution < 1.29 is 0 Å². The number of nitrogens with zero attached hydrogens (tertiary/aromatic N) is 4. The second-order valence-corrected chi connectivity index (χ2v) is 5.38. The van der Waals surface area contributed by atoms with Gasteiger partial charge in [0.25, 0.3) is 0 Å². The summed E-state index contributed by atoms with van der Waals surface area (Å²) in [6.45, 7) is 5.98. The van der Waals surface area contributed by atoms with Crippen molar-refractivity contribution in [2.24, 2.45) is 0 Å². The Morgan fingerprint density at radius 3 is 2.80 bits per heavy atom. The van der Waals surface area contributed by atoms with Gasteiger partial charge in [-0.1, -0.05) is 24.3 Å². The van der Waals surface area contributed by atoms with Gasteiger partial charge >= 0.3 is 0 Å². The number of nitrogens with one attached hydrogen (secondary N) is 1. The SMILES string of the molecule is CC(C)Nc1nncc(N2CCc3ccccc3C2)n1. The minimum Gasteiger partial charge on any atom is -0.351 e. The Morgan fingerprint density at radius 2 is 2.00 bits per heavy atom. The third-order valence-electron chi connectivity index (χ3n) is 3.42. The van der Waals surface area contributed by atoms with Crippen LogP contribution in [-0.4, -0.2) is 27.8 Å². The zero-order chi connectivity index (χ0) is 13.9. The first-order valence-electron chi connectivity index (χ1n) is 7.00. The number of anilines is 2. The molecule has 0 spiro atoms. The molecule has 0 amide bonds. The van der Waals surface area contributed by atoms with Crippen molar-refractivity contribution >= 4 is 11.8 Å². The lowest BCUT2D eigenvalue weighted by atomic mass is 10.0. The number of rotatable bonds is 3. The molecule has 20 heavy (non-hydrogen) atoms. The highest BCUT2D eigenvalue weighted by atomic mass is 15.3. The molecule has 0 fully saturated rings. The summed E-state index contributed by atoms with van der Waals surface area (Å²) in [7, 11) is 0. The molecule has 0 saturated heterocycles. The normalized spacial score (nSPS) is 14.2. The lowest BCUT2D eigenvalue weighted by Crippen LogP contribution is -2.31. The first kappa shape index (κ1) is 12.8. The Balaban J connectivity index is 1.81. The van der Waals surface area contributed by atoms with Gasteiger partial charge in [0.05, 0.1) is 6.20 Å². The minimum atomic E-state index is 0.300. The lowest BCUT2D eigenvalue weighted by molar-refractivity contribution is 0.712. The van der Waals surface area contributed by atoms with Gasteiger partial charge in [-0.05, 0) is 31.4 Å². The predicted molar refractivity (Wildman–Crippen MR) is 79.8 cm³/mol. The largest absolute Gasteiger partial charge is 0.351 e. The van der Waals surface area contributed by atoms with Gasteiger partial charge in [0.1, 0.15) is 0 Å². The van der Waals surface area contributed by atoms with Crippen molar-refractivity contribution in [1.29, 1.82) is 0 Å². The quantitative estimate of drug-likeness (QED) is 0.926. The molecule has 0 aliphatic carbocycles. The van der Waals surface area contributed by atoms with Crippen LogP contribution in [-0.2, 0) is 13.0 Å². The molecule has 0 bridgehead atoms. The first-order chi connectivity index (χ1) is 9.72. The summed E-state index contributed by atoms with van der Waals surface area (Å²) >= 11 is 0. The average Bonchev–Trinajstić information content (AvgIpc) is 2.46. The molecule has 104 valence electrons. The van der Waals surface area contributed by atoms with Gasteiger partial charge in [0, 0.05) is 19.1 Å². The molecule has 0 unspecified atom stereocenters. The first-order valence-corrected chi connectivity index (χ1v) is 7.00. The van der Waals surface area contributed by atoms with E-state index in [1.807, 2.05) is 0 Å². The van der Waals surface area contributed by atoms with E-state index in [1.165, 1.54) is 11.1 Å². The molecule has 2 heterocycles. The number of fused-ring (bicyclic) bond motifs is 1. The van der Waals surface area contributed by atoms with Crippen LogP contribution in [0.5, 0.6) is 0 Å². The number of benzene rings is 1. The molecule has 1 aromatic carbocycles. The minimum absolute atomic E-state index is 0.300. The van der Waals surface area contributed by atoms with E-state index in [0.717, 1.165) is 25.3 Å². The molecule has 1 aliphatic rings. The Hall–Kier alpha value is -2.17. The average molecular weight is 269 g/mol. The summed E-state index contributed by atoms with van der Waals surface area (Å²) in [4.78, 5) is 6.80. The van der Waals surface area contributed by atoms with Gasteiger partial charge in [0.15, 0.2) is 5.82 Å². The highest BCUT2D eigenvalue weighted by molar-refractivity contribution is 5.45. The van der Waals surface area contributed by atoms with Gasteiger partial charge in [-0.15, -0.1) is 5.10 Å². The summed E-state index contributed by atoms with van der Waals surface area (Å²) in [6, 6.07) is 8.88. The molecular weight excluding hydrogens is 250 g/mol. The summed E-state index contributed by atoms with van der Waals surface area (Å²) in [5.74, 6) is 1.48. The zero-order valence-corrected chi connectivity index (χ0v) is 11.9. The molecule has 1 N–H and O–H groups in total. The van der Waals surface area contributed by atoms with E-state index in [4.69, 9.17) is 0 Å². The fourth-order valence-electron chi connectivity index (χ4n) is 2.46. The maximum atomic E-state index is 4.55. The highest BCUT2D eigenvalue weighted by Gasteiger charge is 2.17. The predicted octanol–water partition coefficient (Wildman–Crippen LogP) is 2.25. The van der Waals surface area contributed by atoms with Crippen molar-refractivity contribution in [1.82, 2.24) is 15.2 Å². The second-order valence-electron chi connectivity index (χ2n) is 5.38. The molecule has 0 radical (unpaired) electrons. The summed E-state index contributed by atoms with van der Waals surface area (Å²) in [5.41, 5.74) is 2.81. The van der Waals surface area contributed by atoms with Gasteiger partial charge in [-0.3, -0.25) is 0 Å². The maximum absolute atomic E-state index is 4.55. The van der Waals surface area contributed by atoms with Crippen LogP contribution < -0.4 is 10.2 Å². The molecule has 5 nitrogen and oxygen atoms in total. The summed E-state index contributed by atoms with van der Waals surface area (Å²) < 4.78 is 0. The zero-order valence-electron chi connectivity index (χ0n) is 11.9. The monoisotopic (exact) mass is 269 g/mol. The van der Waals surface area contributed by atoms with Crippen LogP contribution in [0.15, 0.2) is 30.5 Å². The van der Waals surface area contributed by atoms with Crippen LogP contribution in [0, 0.1) is 0 Å². The third-order valence-corrected chi connectivity index (χ3v) is 3.42. The second kappa shape index (κ2) is 5.45. The van der Waals surface area contributed by atoms with Gasteiger partial charge < -0.3 is 10.2 Å². The van der Waals surface area contributed by atoms with Crippen molar-refractivity contribution in [3.63, 3.8) is 0 Å². The van der Waals surface area contributed by atoms with Crippen molar-refractivity contribution in [3.05, 3.63) is 41.6 Å². The molecule has 1 aromatic heterocycles. The van der Waals surface area contributed by atoms with Crippen LogP contribution in [0.4, 0.5) is 11.8 Å². The molecule has 0 saturated carbocycles. The lowest BCUT2D eigenvalue weighted by Gasteiger charge is -2.29. The van der Waals surface area contributed by atoms with E-state index >= 15 is 0 Å². The number of hydrogen-bond acceptors (Lipinski definition) is 5. The molecular formula is C15H19N5. The van der Waals surface area contributed by atoms with Crippen molar-refractivity contribution in [2.75, 3.05) is 16.8 Å². The topological polar surface area (TPSA) is 53.9 Å². The summed E-state index contributed by atoms with van der Waals surface area (Å²) in [6.07, 6.45) is 2.78. The van der Waals surface area contributed by atoms with E-state index in [1.54, 1.807) is 6.20 Å². The number of aromatic nitrogens is 3. The van der Waals surface area contributed by atoms with Crippen molar-refractivity contribution in [2.45, 2.75) is 32.9 Å². The smallest absolute Gasteiger partial charge is 0.244 e. The van der Waals surface area contributed by atoms with Crippen LogP contribution in [0.2, 0.25) is 0 Å². The molecule has 0 atom stereocenters. The Labute approximate surface area is 119 Å². The standard InChI is InChI=1S/C15H19N5/c1-11(2)17-15-18-14(9-16-19-15)20-8-7-12-5-3-4-6-13(12)10-20/h3-6,9,11H,7-8,10H2,1-2H3,(H,17,18,19). The fraction of sp³-hybridized carbons (Fsp3) is 0.400.